The van der Waals surface area contributed by atoms with Crippen LogP contribution in [0.3, 0.4) is 0 Å². The smallest absolute Gasteiger partial charge is 0.213 e. The van der Waals surface area contributed by atoms with Gasteiger partial charge in [0.1, 0.15) is 11.4 Å². The van der Waals surface area contributed by atoms with Gasteiger partial charge < -0.3 is 4.74 Å². The summed E-state index contributed by atoms with van der Waals surface area (Å²) in [5.41, 5.74) is 4.86. The fraction of sp³-hybridized carbons (Fsp3) is 0.143. The summed E-state index contributed by atoms with van der Waals surface area (Å²) in [4.78, 5) is 12.4. The summed E-state index contributed by atoms with van der Waals surface area (Å²) < 4.78 is 7.11. The molecule has 0 spiro atoms. The van der Waals surface area contributed by atoms with Crippen molar-refractivity contribution < 1.29 is 11.0 Å². The summed E-state index contributed by atoms with van der Waals surface area (Å²) in [6.07, 6.45) is 9.04. The Hall–Kier alpha value is -3.14. The van der Waals surface area contributed by atoms with Gasteiger partial charge in [-0.3, -0.25) is 4.79 Å². The molecule has 1 heterocycles. The van der Waals surface area contributed by atoms with E-state index in [0.717, 1.165) is 28.3 Å². The van der Waals surface area contributed by atoms with Crippen molar-refractivity contribution in [1.29, 1.82) is 0 Å². The number of carbonyl (C=O) groups is 1. The number of carbonyl (C=O) groups excluding carboxylic acids is 1. The average molecular weight is 334 g/mol. The van der Waals surface area contributed by atoms with E-state index in [4.69, 9.17) is 4.74 Å². The number of allylic oxidation sites excluding steroid dienone is 6. The average Bonchev–Trinajstić information content (AvgIpc) is 2.92. The van der Waals surface area contributed by atoms with Crippen LogP contribution < -0.4 is 4.74 Å². The number of aryl methyl sites for hydroxylation is 2. The molecule has 0 bridgehead atoms. The lowest BCUT2D eigenvalue weighted by Gasteiger charge is -2.12. The molecule has 0 atom stereocenters. The predicted molar refractivity (Wildman–Crippen MR) is 102 cm³/mol. The highest BCUT2D eigenvalue weighted by Crippen LogP contribution is 2.26. The van der Waals surface area contributed by atoms with Gasteiger partial charge in [0.15, 0.2) is 0 Å². The highest BCUT2D eigenvalue weighted by molar-refractivity contribution is 6.10. The number of hydrogen-bond donors (Lipinski definition) is 0. The maximum atomic E-state index is 12.4. The standard InChI is InChI=1S/C21H20N2O2.H2/c1-5-7-19(17-10-11-20(25-4)14(2)12-17)23-15(3)13-18(22-23)21(24)16-8-6-9-16;/h5-13H,1H2,2-4H3;1H/b19-7-;. The Balaban J connectivity index is 0.00000243. The van der Waals surface area contributed by atoms with Crippen molar-refractivity contribution in [1.82, 2.24) is 9.78 Å². The van der Waals surface area contributed by atoms with Crippen LogP contribution >= 0.6 is 0 Å². The number of ether oxygens (including phenoxy) is 1. The van der Waals surface area contributed by atoms with E-state index in [1.54, 1.807) is 30.0 Å². The number of nitrogens with zero attached hydrogens (tertiary/aromatic N) is 2. The molecule has 0 aliphatic heterocycles. The van der Waals surface area contributed by atoms with E-state index in [9.17, 15) is 4.79 Å². The third kappa shape index (κ3) is 3.11. The molecule has 0 radical (unpaired) electrons. The molecule has 0 fully saturated rings. The molecule has 0 amide bonds. The first-order chi connectivity index (χ1) is 12.0. The maximum absolute atomic E-state index is 12.4. The minimum atomic E-state index is -0.0618. The van der Waals surface area contributed by atoms with Gasteiger partial charge in [0, 0.05) is 18.3 Å². The number of benzene rings is 1. The van der Waals surface area contributed by atoms with Crippen molar-refractivity contribution in [2.24, 2.45) is 0 Å². The van der Waals surface area contributed by atoms with Gasteiger partial charge in [0.25, 0.3) is 0 Å². The Kier molecular flexibility index (Phi) is 4.52. The Labute approximate surface area is 148 Å². The molecule has 0 saturated carbocycles. The monoisotopic (exact) mass is 334 g/mol. The topological polar surface area (TPSA) is 44.1 Å². The molecule has 0 saturated heterocycles. The van der Waals surface area contributed by atoms with Crippen LogP contribution in [0.2, 0.25) is 0 Å². The van der Waals surface area contributed by atoms with Crippen LogP contribution in [0.25, 0.3) is 5.70 Å². The predicted octanol–water partition coefficient (Wildman–Crippen LogP) is 4.51. The van der Waals surface area contributed by atoms with Crippen molar-refractivity contribution in [3.05, 3.63) is 89.3 Å². The lowest BCUT2D eigenvalue weighted by molar-refractivity contribution is 0.103. The molecular weight excluding hydrogens is 312 g/mol. The van der Waals surface area contributed by atoms with E-state index in [0.29, 0.717) is 11.3 Å². The molecular formula is C21H22N2O2. The second-order valence-corrected chi connectivity index (χ2v) is 5.87. The van der Waals surface area contributed by atoms with Crippen molar-refractivity contribution in [2.75, 3.05) is 7.11 Å². The van der Waals surface area contributed by atoms with Crippen molar-refractivity contribution in [3.8, 4) is 5.75 Å². The van der Waals surface area contributed by atoms with Gasteiger partial charge in [-0.05, 0) is 49.8 Å². The highest BCUT2D eigenvalue weighted by Gasteiger charge is 2.19. The normalized spacial score (nSPS) is 13.2. The molecule has 0 unspecified atom stereocenters. The number of rotatable bonds is 6. The fourth-order valence-corrected chi connectivity index (χ4v) is 2.76. The van der Waals surface area contributed by atoms with Crippen LogP contribution in [0.5, 0.6) is 5.75 Å². The van der Waals surface area contributed by atoms with Gasteiger partial charge >= 0.3 is 0 Å². The third-order valence-corrected chi connectivity index (χ3v) is 4.13. The molecule has 25 heavy (non-hydrogen) atoms. The SMILES string of the molecule is C=C/C=C(/c1ccc(OC)c(C)c1)n1nc(C(=O)C2=CC=C2)cc1C.[HH]. The molecule has 2 aromatic rings. The van der Waals surface area contributed by atoms with Crippen LogP contribution in [0.4, 0.5) is 0 Å². The first-order valence-corrected chi connectivity index (χ1v) is 8.03. The minimum absolute atomic E-state index is 0. The van der Waals surface area contributed by atoms with Crippen LogP contribution in [-0.2, 0) is 0 Å². The lowest BCUT2D eigenvalue weighted by Crippen LogP contribution is -2.08. The van der Waals surface area contributed by atoms with Crippen LogP contribution in [-0.4, -0.2) is 22.7 Å². The van der Waals surface area contributed by atoms with Gasteiger partial charge in [-0.2, -0.15) is 5.10 Å². The summed E-state index contributed by atoms with van der Waals surface area (Å²) in [5, 5.41) is 4.53. The van der Waals surface area contributed by atoms with E-state index in [1.165, 1.54) is 0 Å². The summed E-state index contributed by atoms with van der Waals surface area (Å²) in [7, 11) is 1.65. The lowest BCUT2D eigenvalue weighted by atomic mass is 10.0. The largest absolute Gasteiger partial charge is 0.496 e. The molecule has 0 N–H and O–H groups in total. The highest BCUT2D eigenvalue weighted by atomic mass is 16.5. The van der Waals surface area contributed by atoms with Gasteiger partial charge in [-0.25, -0.2) is 4.68 Å². The Morgan fingerprint density at radius 3 is 2.64 bits per heavy atom. The molecule has 3 rings (SSSR count). The Morgan fingerprint density at radius 2 is 2.08 bits per heavy atom. The van der Waals surface area contributed by atoms with Crippen molar-refractivity contribution in [2.45, 2.75) is 13.8 Å². The van der Waals surface area contributed by atoms with Gasteiger partial charge in [0.05, 0.1) is 12.8 Å². The molecule has 1 aromatic heterocycles. The molecule has 4 nitrogen and oxygen atoms in total. The summed E-state index contributed by atoms with van der Waals surface area (Å²) in [6.45, 7) is 7.73. The quantitative estimate of drug-likeness (QED) is 0.577. The van der Waals surface area contributed by atoms with Gasteiger partial charge in [-0.15, -0.1) is 0 Å². The van der Waals surface area contributed by atoms with E-state index in [2.05, 4.69) is 11.7 Å². The molecule has 1 aliphatic carbocycles. The van der Waals surface area contributed by atoms with Crippen LogP contribution in [0.15, 0.2) is 66.8 Å². The van der Waals surface area contributed by atoms with Crippen molar-refractivity contribution in [3.63, 3.8) is 0 Å². The summed E-state index contributed by atoms with van der Waals surface area (Å²) in [6, 6.07) is 7.74. The first-order valence-electron chi connectivity index (χ1n) is 8.03. The van der Waals surface area contributed by atoms with Gasteiger partial charge in [-0.1, -0.05) is 30.9 Å². The zero-order valence-electron chi connectivity index (χ0n) is 14.6. The number of hydrogen-bond acceptors (Lipinski definition) is 3. The molecule has 1 aliphatic rings. The molecule has 1 aromatic carbocycles. The Bertz CT molecular complexity index is 949. The number of aromatic nitrogens is 2. The first kappa shape index (κ1) is 16.7. The number of methoxy groups -OCH3 is 1. The number of Topliss-reactive ketones (excluding diaryl/α,β-unsaturated/α-hetero) is 1. The van der Waals surface area contributed by atoms with Crippen molar-refractivity contribution >= 4 is 11.5 Å². The van der Waals surface area contributed by atoms with E-state index in [1.807, 2.05) is 50.3 Å². The molecule has 128 valence electrons. The summed E-state index contributed by atoms with van der Waals surface area (Å²) >= 11 is 0. The minimum Gasteiger partial charge on any atom is -0.496 e. The summed E-state index contributed by atoms with van der Waals surface area (Å²) in [5.74, 6) is 0.770. The van der Waals surface area contributed by atoms with Gasteiger partial charge in [0.2, 0.25) is 5.78 Å². The van der Waals surface area contributed by atoms with Crippen LogP contribution in [0, 0.1) is 13.8 Å². The zero-order valence-corrected chi connectivity index (χ0v) is 14.6. The second kappa shape index (κ2) is 6.77. The van der Waals surface area contributed by atoms with E-state index in [-0.39, 0.29) is 7.21 Å². The second-order valence-electron chi connectivity index (χ2n) is 5.87. The Morgan fingerprint density at radius 1 is 1.32 bits per heavy atom. The maximum Gasteiger partial charge on any atom is 0.213 e. The third-order valence-electron chi connectivity index (χ3n) is 4.13. The zero-order chi connectivity index (χ0) is 18.0. The van der Waals surface area contributed by atoms with E-state index < -0.39 is 0 Å². The fourth-order valence-electron chi connectivity index (χ4n) is 2.76. The number of ketones is 1. The van der Waals surface area contributed by atoms with Crippen LogP contribution in [0.1, 0.15) is 28.7 Å². The van der Waals surface area contributed by atoms with E-state index >= 15 is 0 Å². The molecule has 4 heteroatoms.